The third-order valence-corrected chi connectivity index (χ3v) is 3.18. The van der Waals surface area contributed by atoms with Crippen LogP contribution in [0, 0.1) is 0 Å². The van der Waals surface area contributed by atoms with Crippen molar-refractivity contribution in [1.29, 1.82) is 0 Å². The Bertz CT molecular complexity index is 725. The zero-order chi connectivity index (χ0) is 16.5. The molecule has 0 aliphatic heterocycles. The number of nitrogens with zero attached hydrogens (tertiary/aromatic N) is 4. The first-order valence-electron chi connectivity index (χ1n) is 5.51. The smallest absolute Gasteiger partial charge is 0.262 e. The van der Waals surface area contributed by atoms with E-state index in [1.165, 1.54) is 24.4 Å². The third kappa shape index (κ3) is 3.43. The van der Waals surface area contributed by atoms with Gasteiger partial charge in [-0.1, -0.05) is 29.3 Å². The monoisotopic (exact) mass is 351 g/mol. The summed E-state index contributed by atoms with van der Waals surface area (Å²) in [5.41, 5.74) is 0.535. The topological polar surface area (TPSA) is 85.0 Å². The van der Waals surface area contributed by atoms with Gasteiger partial charge in [0.15, 0.2) is 0 Å². The van der Waals surface area contributed by atoms with Crippen molar-refractivity contribution >= 4 is 35.1 Å². The van der Waals surface area contributed by atoms with Crippen LogP contribution in [-0.4, -0.2) is 27.3 Å². The zero-order valence-electron chi connectivity index (χ0n) is 10.5. The van der Waals surface area contributed by atoms with E-state index in [1.54, 1.807) is 0 Å². The van der Waals surface area contributed by atoms with Crippen LogP contribution < -0.4 is 10.9 Å². The van der Waals surface area contributed by atoms with Crippen molar-refractivity contribution in [2.75, 3.05) is 5.01 Å². The van der Waals surface area contributed by atoms with Gasteiger partial charge in [0.2, 0.25) is 0 Å². The SMILES string of the molecule is NN(C(=O)C(F)(F)F)c1nncc(-c2ccc(Cl)c(Cl)c2)n1. The molecule has 0 radical (unpaired) electrons. The van der Waals surface area contributed by atoms with E-state index in [4.69, 9.17) is 29.0 Å². The number of halogens is 5. The lowest BCUT2D eigenvalue weighted by atomic mass is 10.2. The summed E-state index contributed by atoms with van der Waals surface area (Å²) in [6.45, 7) is 0. The molecule has 11 heteroatoms. The summed E-state index contributed by atoms with van der Waals surface area (Å²) >= 11 is 11.6. The number of carbonyl (C=O) groups excluding carboxylic acids is 1. The number of aromatic nitrogens is 3. The maximum absolute atomic E-state index is 12.3. The normalized spacial score (nSPS) is 11.4. The fourth-order valence-electron chi connectivity index (χ4n) is 1.42. The minimum atomic E-state index is -5.16. The number of amides is 1. The third-order valence-electron chi connectivity index (χ3n) is 2.44. The van der Waals surface area contributed by atoms with Crippen LogP contribution in [0.5, 0.6) is 0 Å². The fraction of sp³-hybridized carbons (Fsp3) is 0.0909. The van der Waals surface area contributed by atoms with Crippen LogP contribution >= 0.6 is 23.2 Å². The molecule has 2 N–H and O–H groups in total. The van der Waals surface area contributed by atoms with E-state index in [2.05, 4.69) is 15.2 Å². The van der Waals surface area contributed by atoms with Crippen molar-refractivity contribution in [2.45, 2.75) is 6.18 Å². The van der Waals surface area contributed by atoms with Gasteiger partial charge in [0.1, 0.15) is 0 Å². The predicted molar refractivity (Wildman–Crippen MR) is 73.0 cm³/mol. The van der Waals surface area contributed by atoms with E-state index in [0.717, 1.165) is 0 Å². The lowest BCUT2D eigenvalue weighted by Gasteiger charge is -2.15. The van der Waals surface area contributed by atoms with Crippen molar-refractivity contribution in [1.82, 2.24) is 15.2 Å². The van der Waals surface area contributed by atoms with Gasteiger partial charge >= 0.3 is 12.1 Å². The number of rotatable bonds is 2. The quantitative estimate of drug-likeness (QED) is 0.510. The summed E-state index contributed by atoms with van der Waals surface area (Å²) in [6, 6.07) is 4.43. The number of benzene rings is 1. The predicted octanol–water partition coefficient (Wildman–Crippen LogP) is 2.61. The average molecular weight is 352 g/mol. The lowest BCUT2D eigenvalue weighted by Crippen LogP contribution is -2.46. The number of hydrazine groups is 1. The molecule has 1 amide bonds. The molecule has 116 valence electrons. The van der Waals surface area contributed by atoms with E-state index in [9.17, 15) is 18.0 Å². The maximum Gasteiger partial charge on any atom is 0.473 e. The Kier molecular flexibility index (Phi) is 4.50. The highest BCUT2D eigenvalue weighted by atomic mass is 35.5. The Morgan fingerprint density at radius 3 is 2.50 bits per heavy atom. The summed E-state index contributed by atoms with van der Waals surface area (Å²) in [5, 5.41) is 7.05. The van der Waals surface area contributed by atoms with E-state index >= 15 is 0 Å². The number of nitrogens with two attached hydrogens (primary N) is 1. The first kappa shape index (κ1) is 16.4. The molecular formula is C11H6Cl2F3N5O. The first-order valence-corrected chi connectivity index (χ1v) is 6.27. The van der Waals surface area contributed by atoms with Crippen molar-refractivity contribution in [3.05, 3.63) is 34.4 Å². The molecule has 0 saturated heterocycles. The molecular weight excluding hydrogens is 346 g/mol. The number of alkyl halides is 3. The van der Waals surface area contributed by atoms with Gasteiger partial charge in [-0.05, 0) is 12.1 Å². The highest BCUT2D eigenvalue weighted by Gasteiger charge is 2.43. The molecule has 0 fully saturated rings. The Hall–Kier alpha value is -1.97. The minimum absolute atomic E-state index is 0.119. The van der Waals surface area contributed by atoms with E-state index in [0.29, 0.717) is 10.6 Å². The van der Waals surface area contributed by atoms with Crippen molar-refractivity contribution in [3.8, 4) is 11.3 Å². The van der Waals surface area contributed by atoms with Gasteiger partial charge in [0, 0.05) is 5.56 Å². The number of hydrogen-bond donors (Lipinski definition) is 1. The maximum atomic E-state index is 12.3. The van der Waals surface area contributed by atoms with Gasteiger partial charge < -0.3 is 0 Å². The van der Waals surface area contributed by atoms with Crippen LogP contribution in [0.3, 0.4) is 0 Å². The van der Waals surface area contributed by atoms with E-state index in [-0.39, 0.29) is 15.7 Å². The zero-order valence-corrected chi connectivity index (χ0v) is 12.0. The molecule has 1 aromatic carbocycles. The number of hydrogen-bond acceptors (Lipinski definition) is 5. The summed E-state index contributed by atoms with van der Waals surface area (Å²) in [6.07, 6.45) is -3.98. The summed E-state index contributed by atoms with van der Waals surface area (Å²) in [5.74, 6) is 2.06. The number of anilines is 1. The van der Waals surface area contributed by atoms with Crippen LogP contribution in [0.1, 0.15) is 0 Å². The second kappa shape index (κ2) is 6.03. The molecule has 0 atom stereocenters. The van der Waals surface area contributed by atoms with Crippen LogP contribution in [0.15, 0.2) is 24.4 Å². The largest absolute Gasteiger partial charge is 0.473 e. The fourth-order valence-corrected chi connectivity index (χ4v) is 1.72. The molecule has 0 aliphatic rings. The first-order chi connectivity index (χ1) is 10.2. The van der Waals surface area contributed by atoms with Gasteiger partial charge in [-0.25, -0.2) is 15.8 Å². The molecule has 0 aliphatic carbocycles. The second-order valence-corrected chi connectivity index (χ2v) is 4.76. The van der Waals surface area contributed by atoms with Gasteiger partial charge in [0.05, 0.1) is 21.9 Å². The van der Waals surface area contributed by atoms with Crippen LogP contribution in [-0.2, 0) is 4.79 Å². The molecule has 0 unspecified atom stereocenters. The van der Waals surface area contributed by atoms with Gasteiger partial charge in [-0.2, -0.15) is 18.3 Å². The molecule has 6 nitrogen and oxygen atoms in total. The second-order valence-electron chi connectivity index (χ2n) is 3.94. The Balaban J connectivity index is 2.38. The summed E-state index contributed by atoms with van der Waals surface area (Å²) < 4.78 is 37.0. The summed E-state index contributed by atoms with van der Waals surface area (Å²) in [4.78, 5) is 14.8. The number of carbonyl (C=O) groups is 1. The molecule has 22 heavy (non-hydrogen) atoms. The van der Waals surface area contributed by atoms with Crippen LogP contribution in [0.2, 0.25) is 10.0 Å². The molecule has 1 aromatic heterocycles. The molecule has 1 heterocycles. The van der Waals surface area contributed by atoms with E-state index in [1.807, 2.05) is 0 Å². The molecule has 2 aromatic rings. The van der Waals surface area contributed by atoms with Gasteiger partial charge in [0.25, 0.3) is 5.95 Å². The van der Waals surface area contributed by atoms with Gasteiger partial charge in [-0.3, -0.25) is 4.79 Å². The molecule has 0 spiro atoms. The summed E-state index contributed by atoms with van der Waals surface area (Å²) in [7, 11) is 0. The van der Waals surface area contributed by atoms with Crippen LogP contribution in [0.4, 0.5) is 19.1 Å². The van der Waals surface area contributed by atoms with Gasteiger partial charge in [-0.15, -0.1) is 5.10 Å². The Morgan fingerprint density at radius 1 is 1.23 bits per heavy atom. The minimum Gasteiger partial charge on any atom is -0.262 e. The standard InChI is InChI=1S/C11H6Cl2F3N5O/c12-6-2-1-5(3-7(6)13)8-4-18-20-10(19-8)21(17)9(22)11(14,15)16/h1-4H,17H2. The lowest BCUT2D eigenvalue weighted by molar-refractivity contribution is -0.170. The van der Waals surface area contributed by atoms with Crippen molar-refractivity contribution in [3.63, 3.8) is 0 Å². The Morgan fingerprint density at radius 2 is 1.91 bits per heavy atom. The Labute approximate surface area is 131 Å². The van der Waals surface area contributed by atoms with Crippen LogP contribution in [0.25, 0.3) is 11.3 Å². The molecule has 2 rings (SSSR count). The average Bonchev–Trinajstić information content (AvgIpc) is 2.47. The highest BCUT2D eigenvalue weighted by molar-refractivity contribution is 6.42. The molecule has 0 bridgehead atoms. The van der Waals surface area contributed by atoms with Crippen molar-refractivity contribution in [2.24, 2.45) is 5.84 Å². The molecule has 0 saturated carbocycles. The van der Waals surface area contributed by atoms with Crippen molar-refractivity contribution < 1.29 is 18.0 Å². The highest BCUT2D eigenvalue weighted by Crippen LogP contribution is 2.28. The van der Waals surface area contributed by atoms with E-state index < -0.39 is 18.0 Å².